The van der Waals surface area contributed by atoms with Crippen molar-refractivity contribution in [2.75, 3.05) is 38.2 Å². The number of hydrogen-bond donors (Lipinski definition) is 2. The van der Waals surface area contributed by atoms with E-state index in [1.54, 1.807) is 6.20 Å². The summed E-state index contributed by atoms with van der Waals surface area (Å²) in [6.45, 7) is 16.5. The molecule has 1 aromatic carbocycles. The molecular formula is C33H49N3O5. The van der Waals surface area contributed by atoms with Crippen LogP contribution in [0.15, 0.2) is 42.6 Å². The summed E-state index contributed by atoms with van der Waals surface area (Å²) in [5, 5.41) is 12.8. The number of ether oxygens (including phenoxy) is 2. The lowest BCUT2D eigenvalue weighted by Crippen LogP contribution is -2.43. The fourth-order valence-electron chi connectivity index (χ4n) is 5.71. The minimum atomic E-state index is -0.957. The Hall–Kier alpha value is -3.13. The second-order valence-corrected chi connectivity index (χ2v) is 13.4. The van der Waals surface area contributed by atoms with Gasteiger partial charge in [0.05, 0.1) is 32.2 Å². The van der Waals surface area contributed by atoms with Crippen molar-refractivity contribution in [1.82, 2.24) is 9.88 Å². The summed E-state index contributed by atoms with van der Waals surface area (Å²) in [6, 6.07) is 11.7. The van der Waals surface area contributed by atoms with Gasteiger partial charge in [-0.3, -0.25) is 9.59 Å². The van der Waals surface area contributed by atoms with Crippen LogP contribution in [-0.2, 0) is 27.3 Å². The van der Waals surface area contributed by atoms with E-state index in [2.05, 4.69) is 51.8 Å². The number of pyridine rings is 1. The zero-order valence-corrected chi connectivity index (χ0v) is 25.7. The van der Waals surface area contributed by atoms with Gasteiger partial charge in [0.1, 0.15) is 11.6 Å². The second kappa shape index (κ2) is 14.7. The molecule has 2 N–H and O–H groups in total. The van der Waals surface area contributed by atoms with Crippen molar-refractivity contribution in [3.8, 4) is 5.75 Å². The third-order valence-electron chi connectivity index (χ3n) is 7.21. The standard InChI is InChI=1S/C33H49N3O5/c1-24(2)19-32(3,4)22-40-23-33(5,6)21-36-20-27-17-28(41-15-9-14-35-29-10-7-8-13-34-29)12-11-25(27)16-26(31(36)39)18-30(37)38/h7-8,10-13,17,24,26H,9,14-16,18-23H2,1-6H3,(H,34,35)(H,37,38)/t26-/m0/s1. The molecule has 0 bridgehead atoms. The largest absolute Gasteiger partial charge is 0.494 e. The SMILES string of the molecule is CC(C)CC(C)(C)COCC(C)(C)CN1Cc2cc(OCCCNc3ccccn3)ccc2C[C@@H](CC(=O)O)C1=O. The number of aromatic nitrogens is 1. The molecule has 0 saturated heterocycles. The molecule has 0 spiro atoms. The van der Waals surface area contributed by atoms with Crippen LogP contribution in [0, 0.1) is 22.7 Å². The zero-order chi connectivity index (χ0) is 30.0. The maximum atomic E-state index is 13.6. The van der Waals surface area contributed by atoms with E-state index >= 15 is 0 Å². The van der Waals surface area contributed by atoms with Crippen molar-refractivity contribution in [3.63, 3.8) is 0 Å². The average molecular weight is 568 g/mol. The fraction of sp³-hybridized carbons (Fsp3) is 0.606. The number of rotatable bonds is 16. The van der Waals surface area contributed by atoms with Crippen molar-refractivity contribution in [2.24, 2.45) is 22.7 Å². The predicted octanol–water partition coefficient (Wildman–Crippen LogP) is 6.05. The average Bonchev–Trinajstić information content (AvgIpc) is 2.99. The van der Waals surface area contributed by atoms with Gasteiger partial charge < -0.3 is 24.8 Å². The molecule has 0 fully saturated rings. The molecule has 2 heterocycles. The van der Waals surface area contributed by atoms with Gasteiger partial charge in [-0.05, 0) is 66.0 Å². The molecule has 1 aliphatic rings. The van der Waals surface area contributed by atoms with Gasteiger partial charge in [0.15, 0.2) is 0 Å². The van der Waals surface area contributed by atoms with Gasteiger partial charge in [0.25, 0.3) is 0 Å². The monoisotopic (exact) mass is 567 g/mol. The molecule has 1 atom stereocenters. The van der Waals surface area contributed by atoms with Gasteiger partial charge >= 0.3 is 5.97 Å². The summed E-state index contributed by atoms with van der Waals surface area (Å²) in [5.74, 6) is 0.520. The van der Waals surface area contributed by atoms with E-state index in [1.807, 2.05) is 41.3 Å². The highest BCUT2D eigenvalue weighted by atomic mass is 16.5. The van der Waals surface area contributed by atoms with E-state index in [1.165, 1.54) is 0 Å². The van der Waals surface area contributed by atoms with E-state index in [4.69, 9.17) is 9.47 Å². The lowest BCUT2D eigenvalue weighted by molar-refractivity contribution is -0.145. The van der Waals surface area contributed by atoms with Crippen molar-refractivity contribution < 1.29 is 24.2 Å². The Balaban J connectivity index is 1.64. The minimum Gasteiger partial charge on any atom is -0.494 e. The van der Waals surface area contributed by atoms with Gasteiger partial charge in [-0.25, -0.2) is 4.98 Å². The summed E-state index contributed by atoms with van der Waals surface area (Å²) >= 11 is 0. The number of benzene rings is 1. The Kier molecular flexibility index (Phi) is 11.6. The Bertz CT molecular complexity index is 1130. The van der Waals surface area contributed by atoms with Crippen LogP contribution in [0.25, 0.3) is 0 Å². The van der Waals surface area contributed by atoms with Gasteiger partial charge in [0, 0.05) is 31.2 Å². The first-order valence-electron chi connectivity index (χ1n) is 14.8. The van der Waals surface area contributed by atoms with E-state index < -0.39 is 11.9 Å². The molecule has 1 amide bonds. The van der Waals surface area contributed by atoms with Crippen LogP contribution in [0.4, 0.5) is 5.82 Å². The number of anilines is 1. The molecule has 2 aromatic rings. The molecule has 226 valence electrons. The number of nitrogens with zero attached hydrogens (tertiary/aromatic N) is 2. The summed E-state index contributed by atoms with van der Waals surface area (Å²) in [6.07, 6.45) is 3.87. The highest BCUT2D eigenvalue weighted by molar-refractivity contribution is 5.84. The highest BCUT2D eigenvalue weighted by Crippen LogP contribution is 2.31. The number of nitrogens with one attached hydrogen (secondary N) is 1. The van der Waals surface area contributed by atoms with Crippen LogP contribution in [0.2, 0.25) is 0 Å². The number of carboxylic acid groups (broad SMARTS) is 1. The van der Waals surface area contributed by atoms with E-state index in [0.717, 1.165) is 42.1 Å². The molecule has 0 radical (unpaired) electrons. The van der Waals surface area contributed by atoms with Crippen LogP contribution in [-0.4, -0.2) is 59.8 Å². The van der Waals surface area contributed by atoms with Crippen LogP contribution in [0.5, 0.6) is 5.75 Å². The number of hydrogen-bond acceptors (Lipinski definition) is 6. The van der Waals surface area contributed by atoms with Gasteiger partial charge in [-0.2, -0.15) is 0 Å². The molecule has 0 aliphatic carbocycles. The Morgan fingerprint density at radius 2 is 1.88 bits per heavy atom. The first kappa shape index (κ1) is 32.4. The van der Waals surface area contributed by atoms with Crippen LogP contribution in [0.1, 0.15) is 71.9 Å². The molecule has 8 heteroatoms. The molecule has 1 aliphatic heterocycles. The summed E-state index contributed by atoms with van der Waals surface area (Å²) in [5.41, 5.74) is 1.79. The normalized spacial score (nSPS) is 15.9. The molecule has 1 aromatic heterocycles. The van der Waals surface area contributed by atoms with E-state index in [9.17, 15) is 14.7 Å². The first-order valence-corrected chi connectivity index (χ1v) is 14.8. The molecular weight excluding hydrogens is 518 g/mol. The summed E-state index contributed by atoms with van der Waals surface area (Å²) in [4.78, 5) is 31.3. The van der Waals surface area contributed by atoms with E-state index in [-0.39, 0.29) is 23.2 Å². The number of carbonyl (C=O) groups is 2. The fourth-order valence-corrected chi connectivity index (χ4v) is 5.71. The number of fused-ring (bicyclic) bond motifs is 1. The Morgan fingerprint density at radius 1 is 1.12 bits per heavy atom. The van der Waals surface area contributed by atoms with Crippen LogP contribution >= 0.6 is 0 Å². The quantitative estimate of drug-likeness (QED) is 0.238. The van der Waals surface area contributed by atoms with Gasteiger partial charge in [-0.1, -0.05) is 53.7 Å². The van der Waals surface area contributed by atoms with Gasteiger partial charge in [0.2, 0.25) is 5.91 Å². The second-order valence-electron chi connectivity index (χ2n) is 13.4. The molecule has 41 heavy (non-hydrogen) atoms. The Morgan fingerprint density at radius 3 is 2.56 bits per heavy atom. The molecule has 0 unspecified atom stereocenters. The number of amides is 1. The topological polar surface area (TPSA) is 101 Å². The lowest BCUT2D eigenvalue weighted by atomic mass is 9.85. The molecule has 8 nitrogen and oxygen atoms in total. The van der Waals surface area contributed by atoms with Crippen molar-refractivity contribution in [3.05, 3.63) is 53.7 Å². The number of carbonyl (C=O) groups excluding carboxylic acids is 1. The van der Waals surface area contributed by atoms with Crippen molar-refractivity contribution in [1.29, 1.82) is 0 Å². The number of carboxylic acids is 1. The summed E-state index contributed by atoms with van der Waals surface area (Å²) < 4.78 is 12.2. The Labute approximate surface area is 245 Å². The maximum absolute atomic E-state index is 13.6. The first-order chi connectivity index (χ1) is 19.3. The highest BCUT2D eigenvalue weighted by Gasteiger charge is 2.35. The van der Waals surface area contributed by atoms with Crippen molar-refractivity contribution in [2.45, 2.75) is 73.8 Å². The van der Waals surface area contributed by atoms with Crippen molar-refractivity contribution >= 4 is 17.7 Å². The smallest absolute Gasteiger partial charge is 0.304 e. The number of aliphatic carboxylic acids is 1. The summed E-state index contributed by atoms with van der Waals surface area (Å²) in [7, 11) is 0. The maximum Gasteiger partial charge on any atom is 0.304 e. The van der Waals surface area contributed by atoms with Crippen LogP contribution < -0.4 is 10.1 Å². The third kappa shape index (κ3) is 11.0. The van der Waals surface area contributed by atoms with Gasteiger partial charge in [-0.15, -0.1) is 0 Å². The van der Waals surface area contributed by atoms with Crippen LogP contribution in [0.3, 0.4) is 0 Å². The van der Waals surface area contributed by atoms with E-state index in [0.29, 0.717) is 45.2 Å². The molecule has 3 rings (SSSR count). The molecule has 0 saturated carbocycles. The third-order valence-corrected chi connectivity index (χ3v) is 7.21. The minimum absolute atomic E-state index is 0.0824. The zero-order valence-electron chi connectivity index (χ0n) is 25.7. The lowest BCUT2D eigenvalue weighted by Gasteiger charge is -2.35. The predicted molar refractivity (Wildman–Crippen MR) is 162 cm³/mol.